The van der Waals surface area contributed by atoms with E-state index in [-0.39, 0.29) is 35.0 Å². The van der Waals surface area contributed by atoms with Gasteiger partial charge in [0.2, 0.25) is 23.6 Å². The van der Waals surface area contributed by atoms with Crippen LogP contribution in [0, 0.1) is 5.92 Å². The number of fused-ring (bicyclic) bond motifs is 1. The van der Waals surface area contributed by atoms with Gasteiger partial charge < -0.3 is 25.3 Å². The number of nitrogens with zero attached hydrogens (tertiary/aromatic N) is 1. The molecule has 3 fully saturated rings. The molecule has 1 saturated carbocycles. The lowest BCUT2D eigenvalue weighted by Crippen LogP contribution is -2.68. The number of rotatable bonds is 14. The monoisotopic (exact) mass is 798 g/mol. The summed E-state index contributed by atoms with van der Waals surface area (Å²) in [6.45, 7) is 12.5. The molecule has 0 unspecified atom stereocenters. The Balaban J connectivity index is 1.29. The van der Waals surface area contributed by atoms with E-state index in [1.54, 1.807) is 17.9 Å². The molecule has 4 amide bonds. The number of hydrogen-bond donors (Lipinski definition) is 3. The van der Waals surface area contributed by atoms with Crippen molar-refractivity contribution in [2.24, 2.45) is 5.92 Å². The van der Waals surface area contributed by atoms with Crippen LogP contribution in [0.4, 0.5) is 0 Å². The first-order chi connectivity index (χ1) is 27.2. The molecule has 2 aromatic carbocycles. The lowest BCUT2D eigenvalue weighted by Gasteiger charge is -2.44. The molecule has 0 radical (unpaired) electrons. The third-order valence-electron chi connectivity index (χ3n) is 12.5. The third-order valence-corrected chi connectivity index (χ3v) is 17.6. The Hall–Kier alpha value is -4.09. The number of benzene rings is 2. The van der Waals surface area contributed by atoms with Gasteiger partial charge in [0.1, 0.15) is 29.8 Å². The minimum atomic E-state index is -2.95. The Bertz CT molecular complexity index is 1680. The quantitative estimate of drug-likeness (QED) is 0.125. The minimum absolute atomic E-state index is 0.111. The average molecular weight is 799 g/mol. The zero-order valence-electron chi connectivity index (χ0n) is 35.1. The van der Waals surface area contributed by atoms with E-state index < -0.39 is 44.0 Å². The van der Waals surface area contributed by atoms with E-state index >= 15 is 0 Å². The molecular weight excluding hydrogens is 733 g/mol. The fourth-order valence-corrected chi connectivity index (χ4v) is 13.7. The topological polar surface area (TPSA) is 134 Å². The van der Waals surface area contributed by atoms with Crippen LogP contribution < -0.4 is 26.3 Å². The molecule has 1 aliphatic carbocycles. The number of allylic oxidation sites excluding steroid dienone is 1. The largest absolute Gasteiger partial charge is 0.397 e. The molecular formula is C46H66N4O6Si. The second-order valence-corrected chi connectivity index (χ2v) is 21.9. The Labute approximate surface area is 341 Å². The van der Waals surface area contributed by atoms with Crippen molar-refractivity contribution >= 4 is 48.1 Å². The SMILES string of the molecule is CC[C@@H](O[Si](c1ccccc1)(c1ccccc1)C(C)(C)C)C(=O)/C=C/CCC[C@@H]1NC(=O)[C@H]2CCCN2C(=O)[C@H](CC2CCCCC2)NC(=O)[C@](C)(CC)NC1=O. The Morgan fingerprint density at radius 1 is 0.877 bits per heavy atom. The Kier molecular flexibility index (Phi) is 15.1. The molecule has 2 heterocycles. The van der Waals surface area contributed by atoms with Crippen LogP contribution in [0.25, 0.3) is 0 Å². The number of carbonyl (C=O) groups is 5. The van der Waals surface area contributed by atoms with Gasteiger partial charge in [-0.1, -0.05) is 133 Å². The van der Waals surface area contributed by atoms with E-state index in [9.17, 15) is 24.0 Å². The molecule has 57 heavy (non-hydrogen) atoms. The minimum Gasteiger partial charge on any atom is -0.397 e. The molecule has 10 nitrogen and oxygen atoms in total. The predicted octanol–water partition coefficient (Wildman–Crippen LogP) is 5.87. The smallest absolute Gasteiger partial charge is 0.262 e. The highest BCUT2D eigenvalue weighted by molar-refractivity contribution is 6.99. The standard InChI is InChI=1S/C46H66N4O6Si/c1-7-40(56-57(45(3,4)5,34-24-15-10-16-25-34)35-26-17-11-18-27-35)39(51)30-20-12-19-28-36-41(52)49-46(6,8-2)44(55)48-37(32-33-22-13-9-14-23-33)43(54)50-31-21-29-38(50)42(53)47-36/h10-11,15-18,20,24-27,30,33,36-38,40H,7-9,12-14,19,21-23,28-29,31-32H2,1-6H3,(H,47,53)(H,48,55)(H,49,52)/b30-20+/t36-,37-,38+,40+,46-/m0/s1. The van der Waals surface area contributed by atoms with E-state index in [1.807, 2.05) is 56.3 Å². The van der Waals surface area contributed by atoms with Crippen molar-refractivity contribution in [3.63, 3.8) is 0 Å². The van der Waals surface area contributed by atoms with E-state index in [2.05, 4.69) is 61.0 Å². The maximum atomic E-state index is 14.1. The van der Waals surface area contributed by atoms with Gasteiger partial charge in [-0.3, -0.25) is 24.0 Å². The van der Waals surface area contributed by atoms with Crippen molar-refractivity contribution in [2.45, 2.75) is 160 Å². The molecule has 3 N–H and O–H groups in total. The highest BCUT2D eigenvalue weighted by Crippen LogP contribution is 2.38. The summed E-state index contributed by atoms with van der Waals surface area (Å²) in [6.07, 6.45) is 12.0. The van der Waals surface area contributed by atoms with Crippen molar-refractivity contribution in [3.05, 3.63) is 72.8 Å². The molecule has 11 heteroatoms. The van der Waals surface area contributed by atoms with Crippen LogP contribution in [0.2, 0.25) is 5.04 Å². The summed E-state index contributed by atoms with van der Waals surface area (Å²) in [4.78, 5) is 71.2. The molecule has 2 aromatic rings. The van der Waals surface area contributed by atoms with Crippen molar-refractivity contribution in [1.82, 2.24) is 20.9 Å². The van der Waals surface area contributed by atoms with Crippen molar-refractivity contribution in [1.29, 1.82) is 0 Å². The Morgan fingerprint density at radius 3 is 2.09 bits per heavy atom. The summed E-state index contributed by atoms with van der Waals surface area (Å²) in [5.74, 6) is -1.17. The lowest BCUT2D eigenvalue weighted by molar-refractivity contribution is -0.145. The molecule has 0 bridgehead atoms. The van der Waals surface area contributed by atoms with Crippen molar-refractivity contribution in [3.8, 4) is 0 Å². The second kappa shape index (κ2) is 19.6. The zero-order chi connectivity index (χ0) is 41.2. The molecule has 310 valence electrons. The van der Waals surface area contributed by atoms with E-state index in [1.165, 1.54) is 6.42 Å². The van der Waals surface area contributed by atoms with E-state index in [4.69, 9.17) is 4.43 Å². The average Bonchev–Trinajstić information content (AvgIpc) is 3.71. The Morgan fingerprint density at radius 2 is 1.51 bits per heavy atom. The lowest BCUT2D eigenvalue weighted by atomic mass is 9.84. The van der Waals surface area contributed by atoms with Gasteiger partial charge in [-0.15, -0.1) is 0 Å². The summed E-state index contributed by atoms with van der Waals surface area (Å²) >= 11 is 0. The normalized spacial score (nSPS) is 24.9. The van der Waals surface area contributed by atoms with Gasteiger partial charge in [-0.2, -0.15) is 0 Å². The molecule has 2 saturated heterocycles. The van der Waals surface area contributed by atoms with Crippen LogP contribution in [0.1, 0.15) is 125 Å². The highest BCUT2D eigenvalue weighted by atomic mass is 28.4. The molecule has 5 atom stereocenters. The predicted molar refractivity (Wildman–Crippen MR) is 227 cm³/mol. The van der Waals surface area contributed by atoms with Gasteiger partial charge >= 0.3 is 0 Å². The van der Waals surface area contributed by atoms with Gasteiger partial charge in [0.25, 0.3) is 8.32 Å². The molecule has 0 spiro atoms. The number of ketones is 1. The molecule has 0 aromatic heterocycles. The van der Waals surface area contributed by atoms with E-state index in [0.717, 1.165) is 36.1 Å². The number of nitrogens with one attached hydrogen (secondary N) is 3. The second-order valence-electron chi connectivity index (χ2n) is 17.6. The summed E-state index contributed by atoms with van der Waals surface area (Å²) in [6, 6.07) is 18.2. The first kappa shape index (κ1) is 44.0. The first-order valence-corrected chi connectivity index (χ1v) is 23.4. The van der Waals surface area contributed by atoms with Crippen molar-refractivity contribution < 1.29 is 28.4 Å². The van der Waals surface area contributed by atoms with Crippen LogP contribution in [0.5, 0.6) is 0 Å². The highest BCUT2D eigenvalue weighted by Gasteiger charge is 2.52. The molecule has 2 aliphatic heterocycles. The fraction of sp³-hybridized carbons (Fsp3) is 0.587. The molecule has 5 rings (SSSR count). The number of amides is 4. The molecule has 3 aliphatic rings. The van der Waals surface area contributed by atoms with Crippen molar-refractivity contribution in [2.75, 3.05) is 6.54 Å². The number of hydrogen-bond acceptors (Lipinski definition) is 6. The van der Waals surface area contributed by atoms with E-state index in [0.29, 0.717) is 57.4 Å². The summed E-state index contributed by atoms with van der Waals surface area (Å²) in [5, 5.41) is 10.9. The van der Waals surface area contributed by atoms with Gasteiger partial charge in [0.15, 0.2) is 5.78 Å². The van der Waals surface area contributed by atoms with Crippen LogP contribution in [-0.2, 0) is 28.4 Å². The zero-order valence-corrected chi connectivity index (χ0v) is 36.1. The van der Waals surface area contributed by atoms with Gasteiger partial charge in [-0.05, 0) is 85.7 Å². The van der Waals surface area contributed by atoms with Crippen LogP contribution >= 0.6 is 0 Å². The van der Waals surface area contributed by atoms with Gasteiger partial charge in [0, 0.05) is 6.54 Å². The summed E-state index contributed by atoms with van der Waals surface area (Å²) in [7, 11) is -2.95. The van der Waals surface area contributed by atoms with Crippen LogP contribution in [0.3, 0.4) is 0 Å². The van der Waals surface area contributed by atoms with Crippen LogP contribution in [0.15, 0.2) is 72.8 Å². The first-order valence-electron chi connectivity index (χ1n) is 21.5. The number of unbranched alkanes of at least 4 members (excludes halogenated alkanes) is 1. The maximum absolute atomic E-state index is 14.1. The number of carbonyl (C=O) groups excluding carboxylic acids is 5. The third kappa shape index (κ3) is 10.3. The maximum Gasteiger partial charge on any atom is 0.262 e. The van der Waals surface area contributed by atoms with Gasteiger partial charge in [-0.25, -0.2) is 0 Å². The summed E-state index contributed by atoms with van der Waals surface area (Å²) in [5.41, 5.74) is -1.28. The van der Waals surface area contributed by atoms with Crippen LogP contribution in [-0.4, -0.2) is 78.9 Å². The van der Waals surface area contributed by atoms with Gasteiger partial charge in [0.05, 0.1) is 0 Å². The summed E-state index contributed by atoms with van der Waals surface area (Å²) < 4.78 is 7.13. The fourth-order valence-electron chi connectivity index (χ4n) is 8.99.